The molecule has 0 bridgehead atoms. The maximum absolute atomic E-state index is 4.59. The predicted octanol–water partition coefficient (Wildman–Crippen LogP) is 4.55. The molecule has 0 atom stereocenters. The van der Waals surface area contributed by atoms with E-state index < -0.39 is 0 Å². The summed E-state index contributed by atoms with van der Waals surface area (Å²) in [6, 6.07) is 3.82. The Labute approximate surface area is 138 Å². The smallest absolute Gasteiger partial charge is 0.177 e. The first-order valence-corrected chi connectivity index (χ1v) is 8.05. The third-order valence-electron chi connectivity index (χ3n) is 3.55. The normalized spacial score (nSPS) is 14.7. The van der Waals surface area contributed by atoms with E-state index in [1.807, 2.05) is 12.1 Å². The number of allylic oxidation sites excluding steroid dienone is 6. The molecule has 5 heteroatoms. The molecule has 2 aromatic rings. The summed E-state index contributed by atoms with van der Waals surface area (Å²) < 4.78 is 0.898. The van der Waals surface area contributed by atoms with E-state index in [0.29, 0.717) is 11.7 Å². The first kappa shape index (κ1) is 14.9. The van der Waals surface area contributed by atoms with Gasteiger partial charge in [-0.15, -0.1) is 0 Å². The number of pyridine rings is 1. The van der Waals surface area contributed by atoms with Crippen molar-refractivity contribution in [3.63, 3.8) is 0 Å². The molecule has 22 heavy (non-hydrogen) atoms. The molecule has 0 radical (unpaired) electrons. The number of nitrogens with zero attached hydrogens (tertiary/aromatic N) is 3. The minimum absolute atomic E-state index is 0.513. The predicted molar refractivity (Wildman–Crippen MR) is 92.0 cm³/mol. The molecular weight excluding hydrogens is 340 g/mol. The molecule has 1 aliphatic carbocycles. The van der Waals surface area contributed by atoms with Gasteiger partial charge in [0, 0.05) is 16.2 Å². The van der Waals surface area contributed by atoms with Crippen LogP contribution in [-0.2, 0) is 0 Å². The van der Waals surface area contributed by atoms with Gasteiger partial charge in [0.2, 0.25) is 0 Å². The first-order valence-electron chi connectivity index (χ1n) is 7.26. The van der Waals surface area contributed by atoms with Gasteiger partial charge in [-0.05, 0) is 46.0 Å². The van der Waals surface area contributed by atoms with Crippen LogP contribution in [0.1, 0.15) is 26.1 Å². The van der Waals surface area contributed by atoms with Crippen LogP contribution in [0.2, 0.25) is 0 Å². The molecule has 0 unspecified atom stereocenters. The summed E-state index contributed by atoms with van der Waals surface area (Å²) in [6.07, 6.45) is 11.2. The van der Waals surface area contributed by atoms with Gasteiger partial charge in [0.1, 0.15) is 5.69 Å². The Kier molecular flexibility index (Phi) is 4.34. The molecule has 1 N–H and O–H groups in total. The van der Waals surface area contributed by atoms with E-state index in [1.165, 1.54) is 5.57 Å². The van der Waals surface area contributed by atoms with E-state index in [-0.39, 0.29) is 0 Å². The average molecular weight is 357 g/mol. The highest BCUT2D eigenvalue weighted by Crippen LogP contribution is 2.26. The lowest BCUT2D eigenvalue weighted by Gasteiger charge is -2.02. The Hall–Kier alpha value is -2.01. The van der Waals surface area contributed by atoms with Gasteiger partial charge in [-0.3, -0.25) is 10.1 Å². The zero-order valence-corrected chi connectivity index (χ0v) is 14.1. The third-order valence-corrected chi connectivity index (χ3v) is 4.19. The largest absolute Gasteiger partial charge is 0.257 e. The molecule has 3 rings (SSSR count). The molecule has 1 aliphatic rings. The molecule has 0 saturated heterocycles. The summed E-state index contributed by atoms with van der Waals surface area (Å²) in [5.74, 6) is 1.90. The van der Waals surface area contributed by atoms with Crippen LogP contribution in [0.25, 0.3) is 17.1 Å². The summed E-state index contributed by atoms with van der Waals surface area (Å²) in [5.41, 5.74) is 3.18. The third kappa shape index (κ3) is 3.09. The zero-order valence-electron chi connectivity index (χ0n) is 12.5. The van der Waals surface area contributed by atoms with Crippen molar-refractivity contribution < 1.29 is 0 Å². The Morgan fingerprint density at radius 3 is 2.91 bits per heavy atom. The van der Waals surface area contributed by atoms with Crippen LogP contribution < -0.4 is 0 Å². The van der Waals surface area contributed by atoms with Crippen molar-refractivity contribution in [2.24, 2.45) is 5.92 Å². The van der Waals surface area contributed by atoms with E-state index in [1.54, 1.807) is 6.20 Å². The number of aromatic amines is 1. The molecular formula is C17H17BrN4. The number of nitrogens with one attached hydrogen (secondary N) is 1. The standard InChI is InChI=1S/C17H17BrN4/c1-11(2)12-5-3-6-13(9-8-12)16-20-17(22-21-16)15-14(18)7-4-10-19-15/h3-5,7-11H,6H2,1-2H3,(H,20,21,22). The summed E-state index contributed by atoms with van der Waals surface area (Å²) >= 11 is 3.49. The Bertz CT molecular complexity index is 768. The van der Waals surface area contributed by atoms with Crippen molar-refractivity contribution >= 4 is 21.5 Å². The van der Waals surface area contributed by atoms with E-state index in [2.05, 4.69) is 74.2 Å². The van der Waals surface area contributed by atoms with Crippen LogP contribution in [0.3, 0.4) is 0 Å². The second kappa shape index (κ2) is 6.40. The van der Waals surface area contributed by atoms with Crippen molar-refractivity contribution in [3.8, 4) is 11.5 Å². The van der Waals surface area contributed by atoms with Crippen LogP contribution in [0.4, 0.5) is 0 Å². The second-order valence-electron chi connectivity index (χ2n) is 5.46. The molecule has 112 valence electrons. The topological polar surface area (TPSA) is 54.5 Å². The Morgan fingerprint density at radius 2 is 2.14 bits per heavy atom. The lowest BCUT2D eigenvalue weighted by molar-refractivity contribution is 0.792. The highest BCUT2D eigenvalue weighted by molar-refractivity contribution is 9.10. The Morgan fingerprint density at radius 1 is 1.27 bits per heavy atom. The monoisotopic (exact) mass is 356 g/mol. The van der Waals surface area contributed by atoms with Crippen LogP contribution >= 0.6 is 15.9 Å². The summed E-state index contributed by atoms with van der Waals surface area (Å²) in [6.45, 7) is 4.39. The lowest BCUT2D eigenvalue weighted by Crippen LogP contribution is -1.88. The molecule has 0 amide bonds. The van der Waals surface area contributed by atoms with Crippen LogP contribution in [0.5, 0.6) is 0 Å². The SMILES string of the molecule is CC(C)C1=CC=C(c2n[nH]c(-c3ncccc3Br)n2)CC=C1. The van der Waals surface area contributed by atoms with Gasteiger partial charge < -0.3 is 0 Å². The molecule has 2 heterocycles. The maximum Gasteiger partial charge on any atom is 0.177 e. The fourth-order valence-electron chi connectivity index (χ4n) is 2.26. The van der Waals surface area contributed by atoms with Crippen LogP contribution in [0.15, 0.2) is 52.7 Å². The molecule has 0 aromatic carbocycles. The maximum atomic E-state index is 4.59. The lowest BCUT2D eigenvalue weighted by atomic mass is 10.0. The fraction of sp³-hybridized carbons (Fsp3) is 0.235. The molecule has 2 aromatic heterocycles. The van der Waals surface area contributed by atoms with Crippen molar-refractivity contribution in [1.82, 2.24) is 20.2 Å². The van der Waals surface area contributed by atoms with E-state index >= 15 is 0 Å². The van der Waals surface area contributed by atoms with Crippen molar-refractivity contribution in [2.45, 2.75) is 20.3 Å². The number of hydrogen-bond donors (Lipinski definition) is 1. The van der Waals surface area contributed by atoms with Crippen LogP contribution in [0, 0.1) is 5.92 Å². The fourth-order valence-corrected chi connectivity index (χ4v) is 2.71. The minimum atomic E-state index is 0.513. The van der Waals surface area contributed by atoms with E-state index in [9.17, 15) is 0 Å². The molecule has 0 saturated carbocycles. The van der Waals surface area contributed by atoms with Crippen LogP contribution in [-0.4, -0.2) is 20.2 Å². The van der Waals surface area contributed by atoms with E-state index in [4.69, 9.17) is 0 Å². The van der Waals surface area contributed by atoms with Crippen molar-refractivity contribution in [1.29, 1.82) is 0 Å². The first-order chi connectivity index (χ1) is 10.6. The quantitative estimate of drug-likeness (QED) is 0.877. The highest BCUT2D eigenvalue weighted by atomic mass is 79.9. The number of halogens is 1. The van der Waals surface area contributed by atoms with Gasteiger partial charge in [-0.1, -0.05) is 38.2 Å². The van der Waals surface area contributed by atoms with Gasteiger partial charge in [0.15, 0.2) is 11.6 Å². The van der Waals surface area contributed by atoms with Gasteiger partial charge >= 0.3 is 0 Å². The second-order valence-corrected chi connectivity index (χ2v) is 6.32. The van der Waals surface area contributed by atoms with Gasteiger partial charge in [0.05, 0.1) is 0 Å². The number of aromatic nitrogens is 4. The molecule has 4 nitrogen and oxygen atoms in total. The van der Waals surface area contributed by atoms with Gasteiger partial charge in [-0.25, -0.2) is 4.98 Å². The summed E-state index contributed by atoms with van der Waals surface area (Å²) in [7, 11) is 0. The van der Waals surface area contributed by atoms with Gasteiger partial charge in [0.25, 0.3) is 0 Å². The minimum Gasteiger partial charge on any atom is -0.257 e. The molecule has 0 fully saturated rings. The zero-order chi connectivity index (χ0) is 15.5. The molecule has 0 aliphatic heterocycles. The average Bonchev–Trinajstić information content (AvgIpc) is 2.85. The molecule has 0 spiro atoms. The Balaban J connectivity index is 1.92. The number of H-pyrrole nitrogens is 1. The van der Waals surface area contributed by atoms with Crippen molar-refractivity contribution in [2.75, 3.05) is 0 Å². The summed E-state index contributed by atoms with van der Waals surface area (Å²) in [5, 5.41) is 7.32. The van der Waals surface area contributed by atoms with E-state index in [0.717, 1.165) is 28.0 Å². The van der Waals surface area contributed by atoms with Gasteiger partial charge in [-0.2, -0.15) is 5.10 Å². The van der Waals surface area contributed by atoms with Crippen molar-refractivity contribution in [3.05, 3.63) is 58.5 Å². The summed E-state index contributed by atoms with van der Waals surface area (Å²) in [4.78, 5) is 8.92. The number of hydrogen-bond acceptors (Lipinski definition) is 3. The number of rotatable bonds is 3. The highest BCUT2D eigenvalue weighted by Gasteiger charge is 2.13.